The average molecular weight is 348 g/mol. The van der Waals surface area contributed by atoms with Gasteiger partial charge < -0.3 is 5.32 Å². The van der Waals surface area contributed by atoms with Crippen molar-refractivity contribution in [1.29, 1.82) is 0 Å². The first-order valence-electron chi connectivity index (χ1n) is 5.77. The molecule has 1 aromatic carbocycles. The largest absolute Gasteiger partial charge is 0.358 e. The smallest absolute Gasteiger partial charge is 0.329 e. The van der Waals surface area contributed by atoms with Gasteiger partial charge >= 0.3 is 5.69 Å². The summed E-state index contributed by atoms with van der Waals surface area (Å²) in [6.07, 6.45) is 1.05. The van der Waals surface area contributed by atoms with Gasteiger partial charge in [-0.05, 0) is 36.2 Å². The molecule has 6 nitrogen and oxygen atoms in total. The van der Waals surface area contributed by atoms with Crippen molar-refractivity contribution in [3.63, 3.8) is 0 Å². The van der Waals surface area contributed by atoms with Crippen molar-refractivity contribution in [3.05, 3.63) is 55.4 Å². The maximum atomic E-state index is 11.0. The molecule has 1 unspecified atom stereocenters. The van der Waals surface area contributed by atoms with E-state index in [9.17, 15) is 10.1 Å². The molecule has 0 bridgehead atoms. The van der Waals surface area contributed by atoms with Crippen LogP contribution in [0.15, 0.2) is 24.4 Å². The number of halogens is 3. The lowest BCUT2D eigenvalue weighted by molar-refractivity contribution is -0.384. The van der Waals surface area contributed by atoms with Gasteiger partial charge in [0.1, 0.15) is 6.20 Å². The van der Waals surface area contributed by atoms with Crippen molar-refractivity contribution in [2.24, 2.45) is 0 Å². The third-order valence-electron chi connectivity index (χ3n) is 2.72. The van der Waals surface area contributed by atoms with Crippen LogP contribution in [0.5, 0.6) is 0 Å². The zero-order valence-corrected chi connectivity index (χ0v) is 12.9. The van der Waals surface area contributed by atoms with Crippen LogP contribution in [0.4, 0.5) is 11.5 Å². The van der Waals surface area contributed by atoms with Crippen molar-refractivity contribution < 1.29 is 4.92 Å². The summed E-state index contributed by atoms with van der Waals surface area (Å²) in [7, 11) is 0. The van der Waals surface area contributed by atoms with Gasteiger partial charge in [-0.25, -0.2) is 4.98 Å². The maximum absolute atomic E-state index is 11.0. The Bertz CT molecular complexity index is 696. The molecule has 9 heteroatoms. The Balaban J connectivity index is 2.33. The standard InChI is InChI=1S/C12H9Cl3N4O2/c1-6(8-3-2-7(13)4-9(8)14)17-11-10(19(20)21)5-16-12(15)18-11/h2-6H,1H3,(H,16,17,18). The van der Waals surface area contributed by atoms with Gasteiger partial charge in [0.2, 0.25) is 11.1 Å². The number of nitro groups is 1. The summed E-state index contributed by atoms with van der Waals surface area (Å²) in [4.78, 5) is 17.8. The van der Waals surface area contributed by atoms with Crippen molar-refractivity contribution in [2.45, 2.75) is 13.0 Å². The van der Waals surface area contributed by atoms with Gasteiger partial charge in [0.15, 0.2) is 0 Å². The minimum absolute atomic E-state index is 0.0264. The molecule has 0 aliphatic rings. The molecule has 2 aromatic rings. The van der Waals surface area contributed by atoms with E-state index in [4.69, 9.17) is 34.8 Å². The summed E-state index contributed by atoms with van der Waals surface area (Å²) in [6.45, 7) is 1.79. The zero-order valence-electron chi connectivity index (χ0n) is 10.7. The monoisotopic (exact) mass is 346 g/mol. The summed E-state index contributed by atoms with van der Waals surface area (Å²) in [5.74, 6) is 0.0264. The fraction of sp³-hybridized carbons (Fsp3) is 0.167. The SMILES string of the molecule is CC(Nc1nc(Cl)ncc1[N+](=O)[O-])c1ccc(Cl)cc1Cl. The molecule has 1 heterocycles. The predicted molar refractivity (Wildman–Crippen MR) is 82.2 cm³/mol. The summed E-state index contributed by atoms with van der Waals surface area (Å²) >= 11 is 17.6. The lowest BCUT2D eigenvalue weighted by atomic mass is 10.1. The van der Waals surface area contributed by atoms with Crippen LogP contribution in [0.3, 0.4) is 0 Å². The Labute approximate surface area is 135 Å². The van der Waals surface area contributed by atoms with Gasteiger partial charge in [0.25, 0.3) is 0 Å². The minimum atomic E-state index is -0.588. The third-order valence-corrected chi connectivity index (χ3v) is 3.46. The number of hydrogen-bond donors (Lipinski definition) is 1. The first kappa shape index (κ1) is 15.8. The number of nitrogens with one attached hydrogen (secondary N) is 1. The fourth-order valence-corrected chi connectivity index (χ4v) is 2.43. The van der Waals surface area contributed by atoms with Crippen molar-refractivity contribution in [3.8, 4) is 0 Å². The van der Waals surface area contributed by atoms with E-state index in [1.807, 2.05) is 0 Å². The van der Waals surface area contributed by atoms with Gasteiger partial charge in [0.05, 0.1) is 11.0 Å². The first-order valence-corrected chi connectivity index (χ1v) is 6.90. The highest BCUT2D eigenvalue weighted by Crippen LogP contribution is 2.30. The van der Waals surface area contributed by atoms with Crippen LogP contribution in [-0.2, 0) is 0 Å². The van der Waals surface area contributed by atoms with E-state index in [-0.39, 0.29) is 22.8 Å². The normalized spacial score (nSPS) is 12.0. The lowest BCUT2D eigenvalue weighted by Gasteiger charge is -2.16. The highest BCUT2D eigenvalue weighted by atomic mass is 35.5. The minimum Gasteiger partial charge on any atom is -0.358 e. The van der Waals surface area contributed by atoms with Crippen LogP contribution < -0.4 is 5.32 Å². The lowest BCUT2D eigenvalue weighted by Crippen LogP contribution is -2.11. The molecule has 0 fully saturated rings. The van der Waals surface area contributed by atoms with Crippen LogP contribution in [0.2, 0.25) is 15.3 Å². The molecule has 1 aromatic heterocycles. The summed E-state index contributed by atoms with van der Waals surface area (Å²) in [6, 6.07) is 4.68. The van der Waals surface area contributed by atoms with E-state index < -0.39 is 4.92 Å². The summed E-state index contributed by atoms with van der Waals surface area (Å²) < 4.78 is 0. The third kappa shape index (κ3) is 3.72. The summed E-state index contributed by atoms with van der Waals surface area (Å²) in [5.41, 5.74) is 0.460. The Morgan fingerprint density at radius 2 is 2.05 bits per heavy atom. The molecule has 0 spiro atoms. The molecule has 0 aliphatic carbocycles. The van der Waals surface area contributed by atoms with E-state index >= 15 is 0 Å². The van der Waals surface area contributed by atoms with Crippen molar-refractivity contribution >= 4 is 46.3 Å². The number of benzene rings is 1. The van der Waals surface area contributed by atoms with Gasteiger partial charge in [-0.15, -0.1) is 0 Å². The van der Waals surface area contributed by atoms with Crippen LogP contribution in [0.1, 0.15) is 18.5 Å². The first-order chi connectivity index (χ1) is 9.88. The molecule has 21 heavy (non-hydrogen) atoms. The highest BCUT2D eigenvalue weighted by Gasteiger charge is 2.20. The molecule has 0 amide bonds. The van der Waals surface area contributed by atoms with Crippen molar-refractivity contribution in [2.75, 3.05) is 5.32 Å². The zero-order chi connectivity index (χ0) is 15.6. The number of aromatic nitrogens is 2. The Morgan fingerprint density at radius 3 is 2.67 bits per heavy atom. The fourth-order valence-electron chi connectivity index (χ4n) is 1.73. The molecule has 0 aliphatic heterocycles. The molecule has 1 atom stereocenters. The molecular weight excluding hydrogens is 339 g/mol. The number of anilines is 1. The summed E-state index contributed by atoms with van der Waals surface area (Å²) in [5, 5.41) is 14.7. The van der Waals surface area contributed by atoms with E-state index in [1.165, 1.54) is 0 Å². The highest BCUT2D eigenvalue weighted by molar-refractivity contribution is 6.35. The second-order valence-electron chi connectivity index (χ2n) is 4.16. The van der Waals surface area contributed by atoms with Crippen LogP contribution in [0, 0.1) is 10.1 Å². The van der Waals surface area contributed by atoms with E-state index in [1.54, 1.807) is 25.1 Å². The number of rotatable bonds is 4. The van der Waals surface area contributed by atoms with E-state index in [0.717, 1.165) is 11.8 Å². The second kappa shape index (κ2) is 6.43. The van der Waals surface area contributed by atoms with E-state index in [2.05, 4.69) is 15.3 Å². The quantitative estimate of drug-likeness (QED) is 0.499. The van der Waals surface area contributed by atoms with Crippen molar-refractivity contribution in [1.82, 2.24) is 9.97 Å². The van der Waals surface area contributed by atoms with Gasteiger partial charge in [-0.2, -0.15) is 4.98 Å². The maximum Gasteiger partial charge on any atom is 0.329 e. The van der Waals surface area contributed by atoms with Gasteiger partial charge in [-0.3, -0.25) is 10.1 Å². The van der Waals surface area contributed by atoms with Gasteiger partial charge in [-0.1, -0.05) is 29.3 Å². The molecule has 0 radical (unpaired) electrons. The van der Waals surface area contributed by atoms with Crippen LogP contribution in [0.25, 0.3) is 0 Å². The Kier molecular flexibility index (Phi) is 4.82. The average Bonchev–Trinajstić information content (AvgIpc) is 2.37. The van der Waals surface area contributed by atoms with Crippen LogP contribution in [-0.4, -0.2) is 14.9 Å². The predicted octanol–water partition coefficient (Wildman–Crippen LogP) is 4.52. The molecule has 0 saturated carbocycles. The molecular formula is C12H9Cl3N4O2. The molecule has 0 saturated heterocycles. The van der Waals surface area contributed by atoms with Gasteiger partial charge in [0, 0.05) is 10.0 Å². The van der Waals surface area contributed by atoms with Crippen LogP contribution >= 0.6 is 34.8 Å². The number of nitrogens with zero attached hydrogens (tertiary/aromatic N) is 3. The number of hydrogen-bond acceptors (Lipinski definition) is 5. The Hall–Kier alpha value is -1.63. The molecule has 110 valence electrons. The molecule has 1 N–H and O–H groups in total. The Morgan fingerprint density at radius 1 is 1.33 bits per heavy atom. The molecule has 2 rings (SSSR count). The second-order valence-corrected chi connectivity index (χ2v) is 5.34. The van der Waals surface area contributed by atoms with E-state index in [0.29, 0.717) is 10.0 Å². The topological polar surface area (TPSA) is 81.0 Å².